The summed E-state index contributed by atoms with van der Waals surface area (Å²) in [6.07, 6.45) is 4.47. The molecule has 184 valence electrons. The summed E-state index contributed by atoms with van der Waals surface area (Å²) in [6, 6.07) is 39.2. The van der Waals surface area contributed by atoms with Crippen LogP contribution >= 0.6 is 0 Å². The van der Waals surface area contributed by atoms with Crippen molar-refractivity contribution in [2.24, 2.45) is 0 Å². The summed E-state index contributed by atoms with van der Waals surface area (Å²) in [6.45, 7) is 0. The molecule has 0 radical (unpaired) electrons. The number of hydrogen-bond donors (Lipinski definition) is 0. The first-order chi connectivity index (χ1) is 19.9. The second kappa shape index (κ2) is 6.21. The third-order valence-corrected chi connectivity index (χ3v) is 9.17. The Hall–Kier alpha value is -5.49. The number of aromatic nitrogens is 5. The van der Waals surface area contributed by atoms with Gasteiger partial charge < -0.3 is 4.74 Å². The summed E-state index contributed by atoms with van der Waals surface area (Å²) in [5, 5.41) is 4.94. The van der Waals surface area contributed by atoms with Gasteiger partial charge in [-0.15, -0.1) is 13.7 Å². The van der Waals surface area contributed by atoms with Gasteiger partial charge in [0.2, 0.25) is 0 Å². The van der Waals surface area contributed by atoms with Gasteiger partial charge in [0.15, 0.2) is 17.0 Å². The monoisotopic (exact) mass is 514 g/mol. The van der Waals surface area contributed by atoms with E-state index in [0.29, 0.717) is 0 Å². The van der Waals surface area contributed by atoms with E-state index < -0.39 is 5.79 Å². The molecular formula is C34H20N5O+3. The summed E-state index contributed by atoms with van der Waals surface area (Å²) < 4.78 is 18.9. The number of pyridine rings is 3. The van der Waals surface area contributed by atoms with Crippen LogP contribution in [0.2, 0.25) is 0 Å². The first kappa shape index (κ1) is 19.6. The number of hydrogen-bond acceptors (Lipinski definition) is 1. The first-order valence-corrected chi connectivity index (χ1v) is 13.6. The number of para-hydroxylation sites is 2. The van der Waals surface area contributed by atoms with Gasteiger partial charge in [0, 0.05) is 22.9 Å². The van der Waals surface area contributed by atoms with Crippen LogP contribution in [0.25, 0.3) is 55.4 Å². The molecule has 0 fully saturated rings. The molecule has 1 spiro atoms. The smallest absolute Gasteiger partial charge is 0.422 e. The summed E-state index contributed by atoms with van der Waals surface area (Å²) in [5.41, 5.74) is 6.96. The van der Waals surface area contributed by atoms with Gasteiger partial charge in [-0.3, -0.25) is 0 Å². The molecule has 0 bridgehead atoms. The molecule has 0 amide bonds. The fourth-order valence-corrected chi connectivity index (χ4v) is 7.85. The van der Waals surface area contributed by atoms with Crippen LogP contribution in [0.4, 0.5) is 0 Å². The Morgan fingerprint density at radius 2 is 1.18 bits per heavy atom. The molecule has 1 unspecified atom stereocenters. The second-order valence-electron chi connectivity index (χ2n) is 10.9. The maximum absolute atomic E-state index is 6.77. The van der Waals surface area contributed by atoms with Crippen LogP contribution in [-0.4, -0.2) is 9.13 Å². The van der Waals surface area contributed by atoms with Crippen molar-refractivity contribution in [1.82, 2.24) is 9.13 Å². The number of nitrogens with zero attached hydrogens (tertiary/aromatic N) is 5. The van der Waals surface area contributed by atoms with Crippen molar-refractivity contribution in [2.45, 2.75) is 5.79 Å². The topological polar surface area (TPSA) is 30.7 Å². The van der Waals surface area contributed by atoms with Crippen LogP contribution < -0.4 is 18.4 Å². The standard InChI is InChI=1S/C34H20N5O/c1-3-13-25-21(9-1)23-11-7-19-35-32(23)37(25)27-15-5-16-28-31(27)34(35)36-20-8-12-24-22-10-2-4-14-26(22)38(33(24)36)29-17-6-18-30(40-28)39(29)34/h1-20H/q+3. The lowest BCUT2D eigenvalue weighted by Gasteiger charge is -2.38. The minimum atomic E-state index is -0.760. The number of rotatable bonds is 0. The molecule has 8 aromatic rings. The van der Waals surface area contributed by atoms with Crippen molar-refractivity contribution >= 4 is 43.9 Å². The molecule has 8 heterocycles. The van der Waals surface area contributed by atoms with Crippen molar-refractivity contribution < 1.29 is 18.4 Å². The molecule has 0 N–H and O–H groups in total. The van der Waals surface area contributed by atoms with Gasteiger partial charge in [-0.1, -0.05) is 30.3 Å². The van der Waals surface area contributed by atoms with Crippen LogP contribution in [0.1, 0.15) is 5.56 Å². The fourth-order valence-electron chi connectivity index (χ4n) is 7.85. The summed E-state index contributed by atoms with van der Waals surface area (Å²) in [7, 11) is 0. The quantitative estimate of drug-likeness (QED) is 0.255. The van der Waals surface area contributed by atoms with Crippen LogP contribution in [-0.2, 0) is 5.79 Å². The van der Waals surface area contributed by atoms with Crippen LogP contribution in [0.15, 0.2) is 122 Å². The molecule has 40 heavy (non-hydrogen) atoms. The minimum Gasteiger partial charge on any atom is -0.422 e. The summed E-state index contributed by atoms with van der Waals surface area (Å²) in [4.78, 5) is 0. The second-order valence-corrected chi connectivity index (χ2v) is 10.9. The van der Waals surface area contributed by atoms with E-state index in [1.807, 2.05) is 0 Å². The Kier molecular flexibility index (Phi) is 3.04. The normalized spacial score (nSPS) is 17.3. The zero-order chi connectivity index (χ0) is 25.7. The van der Waals surface area contributed by atoms with E-state index in [9.17, 15) is 0 Å². The minimum absolute atomic E-state index is 0.760. The van der Waals surface area contributed by atoms with Crippen molar-refractivity contribution in [3.8, 4) is 23.1 Å². The number of ether oxygens (including phenoxy) is 1. The Morgan fingerprint density at radius 1 is 0.550 bits per heavy atom. The highest BCUT2D eigenvalue weighted by Crippen LogP contribution is 2.47. The molecule has 3 aromatic carbocycles. The number of fused-ring (bicyclic) bond motifs is 8. The van der Waals surface area contributed by atoms with Crippen molar-refractivity contribution in [3.63, 3.8) is 0 Å². The molecule has 0 aliphatic carbocycles. The van der Waals surface area contributed by atoms with Gasteiger partial charge >= 0.3 is 17.1 Å². The Labute approximate surface area is 227 Å². The zero-order valence-electron chi connectivity index (χ0n) is 21.2. The van der Waals surface area contributed by atoms with Gasteiger partial charge in [0.05, 0.1) is 10.8 Å². The largest absolute Gasteiger partial charge is 0.442 e. The first-order valence-electron chi connectivity index (χ1n) is 13.6. The predicted molar refractivity (Wildman–Crippen MR) is 150 cm³/mol. The lowest BCUT2D eigenvalue weighted by atomic mass is 9.96. The van der Waals surface area contributed by atoms with Crippen molar-refractivity contribution in [2.75, 3.05) is 0 Å². The van der Waals surface area contributed by atoms with Crippen LogP contribution in [0.5, 0.6) is 11.6 Å². The molecule has 3 aliphatic heterocycles. The van der Waals surface area contributed by atoms with Gasteiger partial charge in [-0.2, -0.15) is 9.13 Å². The van der Waals surface area contributed by atoms with E-state index in [2.05, 4.69) is 144 Å². The van der Waals surface area contributed by atoms with Crippen molar-refractivity contribution in [3.05, 3.63) is 127 Å². The molecule has 0 saturated heterocycles. The fraction of sp³-hybridized carbons (Fsp3) is 0.0294. The maximum Gasteiger partial charge on any atom is 0.442 e. The van der Waals surface area contributed by atoms with Crippen LogP contribution in [0.3, 0.4) is 0 Å². The van der Waals surface area contributed by atoms with E-state index in [0.717, 1.165) is 40.0 Å². The zero-order valence-corrected chi connectivity index (χ0v) is 21.2. The van der Waals surface area contributed by atoms with E-state index in [1.165, 1.54) is 32.6 Å². The highest BCUT2D eigenvalue weighted by atomic mass is 16.5. The summed E-state index contributed by atoms with van der Waals surface area (Å²) in [5.74, 6) is 1.99. The average Bonchev–Trinajstić information content (AvgIpc) is 3.53. The van der Waals surface area contributed by atoms with Gasteiger partial charge in [0.25, 0.3) is 11.7 Å². The highest BCUT2D eigenvalue weighted by molar-refractivity contribution is 6.08. The molecule has 0 saturated carbocycles. The lowest BCUT2D eigenvalue weighted by Crippen LogP contribution is -2.91. The molecule has 5 aromatic heterocycles. The third-order valence-electron chi connectivity index (χ3n) is 9.17. The van der Waals surface area contributed by atoms with E-state index >= 15 is 0 Å². The van der Waals surface area contributed by atoms with Crippen LogP contribution in [0, 0.1) is 0 Å². The molecule has 3 aliphatic rings. The van der Waals surface area contributed by atoms with E-state index in [1.54, 1.807) is 0 Å². The SMILES string of the molecule is c1cc2c3c(c1)-n1c4ccccc4c4ccc[n+](c41)C31[n+]3c(cccc3-n3c4ccccc4c4ccc[n+]1c43)O2. The average molecular weight is 515 g/mol. The maximum atomic E-state index is 6.77. The molecular weight excluding hydrogens is 494 g/mol. The van der Waals surface area contributed by atoms with Gasteiger partial charge in [-0.25, -0.2) is 0 Å². The van der Waals surface area contributed by atoms with Gasteiger partial charge in [-0.05, 0) is 66.7 Å². The molecule has 6 heteroatoms. The number of benzene rings is 3. The molecule has 6 nitrogen and oxygen atoms in total. The van der Waals surface area contributed by atoms with E-state index in [-0.39, 0.29) is 0 Å². The van der Waals surface area contributed by atoms with Gasteiger partial charge in [0.1, 0.15) is 23.4 Å². The summed E-state index contributed by atoms with van der Waals surface area (Å²) >= 11 is 0. The Balaban J connectivity index is 1.50. The molecule has 11 rings (SSSR count). The Bertz CT molecular complexity index is 2310. The highest BCUT2D eigenvalue weighted by Gasteiger charge is 2.67. The lowest BCUT2D eigenvalue weighted by molar-refractivity contribution is -1.15. The van der Waals surface area contributed by atoms with Crippen molar-refractivity contribution in [1.29, 1.82) is 0 Å². The predicted octanol–water partition coefficient (Wildman–Crippen LogP) is 5.23. The van der Waals surface area contributed by atoms with E-state index in [4.69, 9.17) is 4.74 Å². The third kappa shape index (κ3) is 1.84. The Morgan fingerprint density at radius 3 is 1.93 bits per heavy atom. The molecule has 1 atom stereocenters.